The van der Waals surface area contributed by atoms with Crippen molar-refractivity contribution in [3.63, 3.8) is 0 Å². The maximum atomic E-state index is 13.4. The van der Waals surface area contributed by atoms with Gasteiger partial charge in [-0.05, 0) is 41.5 Å². The van der Waals surface area contributed by atoms with Gasteiger partial charge >= 0.3 is 6.03 Å². The van der Waals surface area contributed by atoms with Gasteiger partial charge in [0, 0.05) is 68.0 Å². The molecule has 1 atom stereocenters. The van der Waals surface area contributed by atoms with Crippen LogP contribution in [0.2, 0.25) is 0 Å². The first-order chi connectivity index (χ1) is 19.5. The summed E-state index contributed by atoms with van der Waals surface area (Å²) < 4.78 is 0. The molecule has 206 valence electrons. The van der Waals surface area contributed by atoms with Crippen molar-refractivity contribution in [2.24, 2.45) is 5.73 Å². The molecule has 5 rings (SSSR count). The molecular weight excluding hydrogens is 506 g/mol. The van der Waals surface area contributed by atoms with Gasteiger partial charge in [0.25, 0.3) is 5.91 Å². The van der Waals surface area contributed by atoms with Crippen LogP contribution in [0.4, 0.5) is 4.79 Å². The molecule has 5 N–H and O–H groups in total. The summed E-state index contributed by atoms with van der Waals surface area (Å²) >= 11 is 0. The van der Waals surface area contributed by atoms with Crippen LogP contribution in [0.15, 0.2) is 79.1 Å². The highest BCUT2D eigenvalue weighted by Gasteiger charge is 2.28. The predicted octanol–water partition coefficient (Wildman–Crippen LogP) is 2.42. The average molecular weight is 540 g/mol. The number of urea groups is 1. The Hall–Kier alpha value is -4.70. The van der Waals surface area contributed by atoms with E-state index in [-0.39, 0.29) is 24.4 Å². The van der Waals surface area contributed by atoms with E-state index in [0.29, 0.717) is 50.4 Å². The molecule has 1 saturated heterocycles. The topological polar surface area (TPSA) is 136 Å². The molecule has 10 nitrogen and oxygen atoms in total. The maximum Gasteiger partial charge on any atom is 0.318 e. The molecule has 2 aromatic carbocycles. The van der Waals surface area contributed by atoms with Crippen LogP contribution < -0.4 is 16.4 Å². The Balaban J connectivity index is 1.25. The number of amides is 4. The zero-order chi connectivity index (χ0) is 27.9. The number of rotatable bonds is 8. The van der Waals surface area contributed by atoms with E-state index < -0.39 is 6.04 Å². The Morgan fingerprint density at radius 2 is 1.68 bits per heavy atom. The first kappa shape index (κ1) is 26.9. The number of nitrogens with one attached hydrogen (secondary N) is 3. The largest absolute Gasteiger partial charge is 0.361 e. The molecule has 1 aliphatic heterocycles. The summed E-state index contributed by atoms with van der Waals surface area (Å²) in [6.07, 6.45) is 3.85. The molecule has 0 radical (unpaired) electrons. The number of hydrogen-bond donors (Lipinski definition) is 4. The molecular formula is C30H33N7O3. The second-order valence-electron chi connectivity index (χ2n) is 9.79. The highest BCUT2D eigenvalue weighted by atomic mass is 16.2. The van der Waals surface area contributed by atoms with E-state index in [1.54, 1.807) is 28.1 Å². The van der Waals surface area contributed by atoms with Crippen LogP contribution in [0.1, 0.15) is 27.2 Å². The zero-order valence-electron chi connectivity index (χ0n) is 22.2. The summed E-state index contributed by atoms with van der Waals surface area (Å²) in [5.74, 6) is -0.360. The summed E-state index contributed by atoms with van der Waals surface area (Å²) in [6, 6.07) is 19.5. The second-order valence-corrected chi connectivity index (χ2v) is 9.79. The first-order valence-corrected chi connectivity index (χ1v) is 13.4. The molecule has 1 aliphatic rings. The number of H-pyrrole nitrogens is 1. The van der Waals surface area contributed by atoms with E-state index in [1.807, 2.05) is 60.8 Å². The number of piperazine rings is 1. The van der Waals surface area contributed by atoms with E-state index in [2.05, 4.69) is 20.6 Å². The fraction of sp³-hybridized carbons (Fsp3) is 0.267. The number of hydrogen-bond acceptors (Lipinski definition) is 5. The lowest BCUT2D eigenvalue weighted by Gasteiger charge is -2.35. The van der Waals surface area contributed by atoms with Crippen molar-refractivity contribution >= 4 is 28.7 Å². The SMILES string of the molecule is NCc1ccnc(CNC(=O)C(Cc2c[nH]c3ccccc23)NC(=O)N2CCN(C(=O)c3ccccc3)CC2)c1. The minimum atomic E-state index is -0.812. The third-order valence-electron chi connectivity index (χ3n) is 7.15. The Bertz CT molecular complexity index is 1480. The van der Waals surface area contributed by atoms with Gasteiger partial charge in [-0.1, -0.05) is 36.4 Å². The zero-order valence-corrected chi connectivity index (χ0v) is 22.2. The minimum Gasteiger partial charge on any atom is -0.361 e. The number of nitrogens with zero attached hydrogens (tertiary/aromatic N) is 3. The van der Waals surface area contributed by atoms with Crippen molar-refractivity contribution in [1.29, 1.82) is 0 Å². The Morgan fingerprint density at radius 1 is 0.950 bits per heavy atom. The van der Waals surface area contributed by atoms with Gasteiger partial charge in [0.2, 0.25) is 5.91 Å². The number of aromatic amines is 1. The monoisotopic (exact) mass is 539 g/mol. The number of para-hydroxylation sites is 1. The predicted molar refractivity (Wildman–Crippen MR) is 152 cm³/mol. The van der Waals surface area contributed by atoms with E-state index >= 15 is 0 Å². The Morgan fingerprint density at radius 3 is 2.45 bits per heavy atom. The number of aromatic nitrogens is 2. The number of fused-ring (bicyclic) bond motifs is 1. The number of carbonyl (C=O) groups excluding carboxylic acids is 3. The molecule has 1 unspecified atom stereocenters. The minimum absolute atomic E-state index is 0.0513. The van der Waals surface area contributed by atoms with Crippen LogP contribution in [0.25, 0.3) is 10.9 Å². The fourth-order valence-electron chi connectivity index (χ4n) is 4.90. The van der Waals surface area contributed by atoms with Gasteiger partial charge in [0.1, 0.15) is 6.04 Å². The quantitative estimate of drug-likeness (QED) is 0.273. The highest BCUT2D eigenvalue weighted by molar-refractivity contribution is 5.94. The van der Waals surface area contributed by atoms with Gasteiger partial charge in [-0.15, -0.1) is 0 Å². The summed E-state index contributed by atoms with van der Waals surface area (Å²) in [6.45, 7) is 2.19. The number of carbonyl (C=O) groups is 3. The standard InChI is InChI=1S/C30H33N7O3/c31-18-21-10-11-32-24(16-21)20-34-28(38)27(17-23-19-33-26-9-5-4-8-25(23)26)35-30(40)37-14-12-36(13-15-37)29(39)22-6-2-1-3-7-22/h1-11,16,19,27,33H,12-15,17-18,20,31H2,(H,34,38)(H,35,40). The molecule has 10 heteroatoms. The van der Waals surface area contributed by atoms with Crippen molar-refractivity contribution in [3.05, 3.63) is 102 Å². The third kappa shape index (κ3) is 6.29. The van der Waals surface area contributed by atoms with Crippen molar-refractivity contribution in [2.75, 3.05) is 26.2 Å². The summed E-state index contributed by atoms with van der Waals surface area (Å²) in [5.41, 5.74) is 9.86. The Labute approximate surface area is 232 Å². The van der Waals surface area contributed by atoms with Crippen molar-refractivity contribution in [2.45, 2.75) is 25.6 Å². The molecule has 0 bridgehead atoms. The molecule has 4 aromatic rings. The van der Waals surface area contributed by atoms with Crippen molar-refractivity contribution < 1.29 is 14.4 Å². The summed E-state index contributed by atoms with van der Waals surface area (Å²) in [7, 11) is 0. The molecule has 1 fully saturated rings. The lowest BCUT2D eigenvalue weighted by molar-refractivity contribution is -0.123. The van der Waals surface area contributed by atoms with Crippen molar-refractivity contribution in [3.8, 4) is 0 Å². The fourth-order valence-corrected chi connectivity index (χ4v) is 4.90. The van der Waals surface area contributed by atoms with E-state index in [9.17, 15) is 14.4 Å². The summed E-state index contributed by atoms with van der Waals surface area (Å²) in [4.78, 5) is 50.4. The molecule has 40 heavy (non-hydrogen) atoms. The van der Waals surface area contributed by atoms with Gasteiger partial charge in [-0.2, -0.15) is 0 Å². The van der Waals surface area contributed by atoms with Gasteiger partial charge in [0.05, 0.1) is 12.2 Å². The Kier molecular flexibility index (Phi) is 8.36. The van der Waals surface area contributed by atoms with E-state index in [4.69, 9.17) is 5.73 Å². The van der Waals surface area contributed by atoms with Crippen LogP contribution in [0.5, 0.6) is 0 Å². The molecule has 3 heterocycles. The second kappa shape index (κ2) is 12.4. The smallest absolute Gasteiger partial charge is 0.318 e. The molecule has 0 spiro atoms. The van der Waals surface area contributed by atoms with Crippen LogP contribution in [0, 0.1) is 0 Å². The molecule has 0 saturated carbocycles. The summed E-state index contributed by atoms with van der Waals surface area (Å²) in [5, 5.41) is 6.86. The number of nitrogens with two attached hydrogens (primary N) is 1. The van der Waals surface area contributed by atoms with Crippen molar-refractivity contribution in [1.82, 2.24) is 30.4 Å². The van der Waals surface area contributed by atoms with Gasteiger partial charge in [-0.25, -0.2) is 4.79 Å². The number of benzene rings is 2. The van der Waals surface area contributed by atoms with E-state index in [1.165, 1.54) is 0 Å². The maximum absolute atomic E-state index is 13.4. The van der Waals surface area contributed by atoms with Crippen LogP contribution >= 0.6 is 0 Å². The van der Waals surface area contributed by atoms with Crippen LogP contribution in [0.3, 0.4) is 0 Å². The number of pyridine rings is 1. The van der Waals surface area contributed by atoms with Crippen LogP contribution in [-0.2, 0) is 24.3 Å². The van der Waals surface area contributed by atoms with E-state index in [0.717, 1.165) is 22.0 Å². The first-order valence-electron chi connectivity index (χ1n) is 13.4. The lowest BCUT2D eigenvalue weighted by Crippen LogP contribution is -2.57. The molecule has 4 amide bonds. The van der Waals surface area contributed by atoms with Crippen LogP contribution in [-0.4, -0.2) is 69.8 Å². The molecule has 0 aliphatic carbocycles. The molecule has 2 aromatic heterocycles. The van der Waals surface area contributed by atoms with Gasteiger partial charge in [0.15, 0.2) is 0 Å². The normalized spacial score (nSPS) is 14.1. The van der Waals surface area contributed by atoms with Gasteiger partial charge in [-0.3, -0.25) is 14.6 Å². The average Bonchev–Trinajstić information content (AvgIpc) is 3.42. The lowest BCUT2D eigenvalue weighted by atomic mass is 10.0. The third-order valence-corrected chi connectivity index (χ3v) is 7.15. The van der Waals surface area contributed by atoms with Gasteiger partial charge < -0.3 is 31.2 Å². The highest BCUT2D eigenvalue weighted by Crippen LogP contribution is 2.19.